The predicted octanol–water partition coefficient (Wildman–Crippen LogP) is 2.70. The molecule has 0 aliphatic carbocycles. The second-order valence-electron chi connectivity index (χ2n) is 7.65. The van der Waals surface area contributed by atoms with Gasteiger partial charge in [-0.25, -0.2) is 9.18 Å². The Morgan fingerprint density at radius 1 is 1.47 bits per heavy atom. The summed E-state index contributed by atoms with van der Waals surface area (Å²) in [6.45, 7) is 6.22. The molecular formula is C19H22FN7O3. The third-order valence-electron chi connectivity index (χ3n) is 4.11. The summed E-state index contributed by atoms with van der Waals surface area (Å²) in [5, 5.41) is 25.0. The van der Waals surface area contributed by atoms with Gasteiger partial charge < -0.3 is 19.7 Å². The molecule has 2 N–H and O–H groups in total. The summed E-state index contributed by atoms with van der Waals surface area (Å²) >= 11 is 0. The molecule has 1 aliphatic rings. The average Bonchev–Trinajstić information content (AvgIpc) is 3.35. The normalized spacial score (nSPS) is 16.8. The van der Waals surface area contributed by atoms with E-state index < -0.39 is 17.5 Å². The lowest BCUT2D eigenvalue weighted by Crippen LogP contribution is -2.36. The molecule has 1 fully saturated rings. The number of likely N-dealkylation sites (tertiary alicyclic amines) is 1. The number of amides is 1. The number of ether oxygens (including phenoxy) is 2. The number of allylic oxidation sites excluding steroid dienone is 1. The number of benzene rings is 1. The molecule has 10 nitrogen and oxygen atoms in total. The minimum atomic E-state index is -0.575. The van der Waals surface area contributed by atoms with Crippen LogP contribution in [0.4, 0.5) is 14.9 Å². The Morgan fingerprint density at radius 3 is 2.90 bits per heavy atom. The van der Waals surface area contributed by atoms with Crippen molar-refractivity contribution in [1.82, 2.24) is 25.5 Å². The van der Waals surface area contributed by atoms with E-state index in [1.165, 1.54) is 18.3 Å². The number of nitriles is 1. The maximum absolute atomic E-state index is 14.5. The number of rotatable bonds is 5. The van der Waals surface area contributed by atoms with Crippen molar-refractivity contribution in [2.45, 2.75) is 38.9 Å². The van der Waals surface area contributed by atoms with E-state index in [0.29, 0.717) is 25.2 Å². The van der Waals surface area contributed by atoms with Gasteiger partial charge in [0.05, 0.1) is 6.54 Å². The molecule has 1 saturated heterocycles. The molecule has 1 aromatic heterocycles. The van der Waals surface area contributed by atoms with Gasteiger partial charge in [0.15, 0.2) is 11.6 Å². The van der Waals surface area contributed by atoms with Crippen LogP contribution in [-0.2, 0) is 4.74 Å². The molecule has 3 rings (SSSR count). The summed E-state index contributed by atoms with van der Waals surface area (Å²) in [6.07, 6.45) is 1.21. The maximum Gasteiger partial charge on any atom is 0.410 e. The molecule has 11 heteroatoms. The van der Waals surface area contributed by atoms with Gasteiger partial charge in [0, 0.05) is 30.9 Å². The second kappa shape index (κ2) is 8.77. The zero-order chi connectivity index (χ0) is 21.7. The van der Waals surface area contributed by atoms with Gasteiger partial charge in [0.25, 0.3) is 0 Å². The lowest BCUT2D eigenvalue weighted by molar-refractivity contribution is 0.0275. The fourth-order valence-corrected chi connectivity index (χ4v) is 2.76. The van der Waals surface area contributed by atoms with Crippen molar-refractivity contribution in [3.63, 3.8) is 0 Å². The number of hydrogen-bond acceptors (Lipinski definition) is 8. The fraction of sp³-hybridized carbons (Fsp3) is 0.421. The van der Waals surface area contributed by atoms with Crippen molar-refractivity contribution in [1.29, 1.82) is 5.26 Å². The number of nitrogens with zero attached hydrogens (tertiary/aromatic N) is 5. The van der Waals surface area contributed by atoms with E-state index in [9.17, 15) is 9.18 Å². The molecule has 1 aromatic carbocycles. The standard InChI is InChI=1S/C19H22FN7O3/c1-19(2,3)30-18(28)27-7-6-14(11-27)29-16-5-4-13(8-15(16)20)22-10-12(9-21)17-23-25-26-24-17/h4-5,8,10,14,22H,6-7,11H2,1-3H3,(H,23,24,25,26). The quantitative estimate of drug-likeness (QED) is 0.713. The van der Waals surface area contributed by atoms with E-state index in [-0.39, 0.29) is 23.3 Å². The first-order chi connectivity index (χ1) is 14.2. The van der Waals surface area contributed by atoms with Crippen LogP contribution in [0, 0.1) is 17.1 Å². The molecule has 1 unspecified atom stereocenters. The molecule has 1 atom stereocenters. The van der Waals surface area contributed by atoms with Crippen LogP contribution in [-0.4, -0.2) is 56.4 Å². The molecular weight excluding hydrogens is 393 g/mol. The number of carbonyl (C=O) groups is 1. The van der Waals surface area contributed by atoms with Crippen molar-refractivity contribution in [2.75, 3.05) is 18.4 Å². The summed E-state index contributed by atoms with van der Waals surface area (Å²) < 4.78 is 25.5. The summed E-state index contributed by atoms with van der Waals surface area (Å²) in [5.41, 5.74) is -0.0234. The zero-order valence-electron chi connectivity index (χ0n) is 16.8. The van der Waals surface area contributed by atoms with Gasteiger partial charge in [-0.05, 0) is 38.1 Å². The summed E-state index contributed by atoms with van der Waals surface area (Å²) in [5.74, 6) is -0.359. The number of tetrazole rings is 1. The van der Waals surface area contributed by atoms with E-state index in [0.717, 1.165) is 0 Å². The van der Waals surface area contributed by atoms with Crippen LogP contribution in [0.2, 0.25) is 0 Å². The zero-order valence-corrected chi connectivity index (χ0v) is 16.8. The van der Waals surface area contributed by atoms with Crippen molar-refractivity contribution in [3.8, 4) is 11.8 Å². The Morgan fingerprint density at radius 2 is 2.27 bits per heavy atom. The molecule has 30 heavy (non-hydrogen) atoms. The van der Waals surface area contributed by atoms with Crippen LogP contribution in [0.15, 0.2) is 24.4 Å². The Bertz CT molecular complexity index is 963. The topological polar surface area (TPSA) is 129 Å². The molecule has 2 heterocycles. The number of nitrogens with one attached hydrogen (secondary N) is 2. The number of anilines is 1. The number of H-pyrrole nitrogens is 1. The second-order valence-corrected chi connectivity index (χ2v) is 7.65. The van der Waals surface area contributed by atoms with Gasteiger partial charge in [0.2, 0.25) is 5.82 Å². The molecule has 1 aliphatic heterocycles. The highest BCUT2D eigenvalue weighted by Crippen LogP contribution is 2.25. The predicted molar refractivity (Wildman–Crippen MR) is 105 cm³/mol. The highest BCUT2D eigenvalue weighted by atomic mass is 19.1. The molecule has 0 radical (unpaired) electrons. The highest BCUT2D eigenvalue weighted by Gasteiger charge is 2.31. The van der Waals surface area contributed by atoms with Crippen molar-refractivity contribution >= 4 is 17.4 Å². The van der Waals surface area contributed by atoms with Gasteiger partial charge in [-0.2, -0.15) is 10.5 Å². The maximum atomic E-state index is 14.5. The third kappa shape index (κ3) is 5.44. The number of aromatic amines is 1. The van der Waals surface area contributed by atoms with Crippen LogP contribution in [0.5, 0.6) is 5.75 Å². The lowest BCUT2D eigenvalue weighted by Gasteiger charge is -2.24. The molecule has 0 bridgehead atoms. The van der Waals surface area contributed by atoms with Crippen LogP contribution in [0.3, 0.4) is 0 Å². The monoisotopic (exact) mass is 415 g/mol. The van der Waals surface area contributed by atoms with Gasteiger partial charge >= 0.3 is 6.09 Å². The summed E-state index contributed by atoms with van der Waals surface area (Å²) in [6, 6.07) is 6.28. The Hall–Kier alpha value is -3.68. The molecule has 0 spiro atoms. The van der Waals surface area contributed by atoms with Gasteiger partial charge in [-0.15, -0.1) is 10.2 Å². The summed E-state index contributed by atoms with van der Waals surface area (Å²) in [7, 11) is 0. The number of carbonyl (C=O) groups excluding carboxylic acids is 1. The summed E-state index contributed by atoms with van der Waals surface area (Å²) in [4.78, 5) is 13.7. The molecule has 158 valence electrons. The van der Waals surface area contributed by atoms with Crippen molar-refractivity contribution < 1.29 is 18.7 Å². The van der Waals surface area contributed by atoms with Gasteiger partial charge in [0.1, 0.15) is 23.3 Å². The van der Waals surface area contributed by atoms with Crippen LogP contribution in [0.1, 0.15) is 33.0 Å². The van der Waals surface area contributed by atoms with Crippen LogP contribution < -0.4 is 10.1 Å². The number of aromatic nitrogens is 4. The van der Waals surface area contributed by atoms with Crippen molar-refractivity contribution in [3.05, 3.63) is 36.0 Å². The van der Waals surface area contributed by atoms with Gasteiger partial charge in [-0.1, -0.05) is 0 Å². The van der Waals surface area contributed by atoms with E-state index in [1.54, 1.807) is 31.7 Å². The van der Waals surface area contributed by atoms with Crippen LogP contribution >= 0.6 is 0 Å². The Labute approximate surface area is 172 Å². The average molecular weight is 415 g/mol. The first-order valence-electron chi connectivity index (χ1n) is 9.30. The van der Waals surface area contributed by atoms with Gasteiger partial charge in [-0.3, -0.25) is 0 Å². The SMILES string of the molecule is CC(C)(C)OC(=O)N1CCC(Oc2ccc(NC=C(C#N)c3nn[nH]n3)cc2F)C1. The van der Waals surface area contributed by atoms with E-state index in [1.807, 2.05) is 6.07 Å². The molecule has 0 saturated carbocycles. The highest BCUT2D eigenvalue weighted by molar-refractivity contribution is 5.74. The van der Waals surface area contributed by atoms with E-state index in [4.69, 9.17) is 14.7 Å². The largest absolute Gasteiger partial charge is 0.485 e. The minimum absolute atomic E-state index is 0.0826. The smallest absolute Gasteiger partial charge is 0.410 e. The van der Waals surface area contributed by atoms with Crippen molar-refractivity contribution in [2.24, 2.45) is 0 Å². The molecule has 2 aromatic rings. The minimum Gasteiger partial charge on any atom is -0.485 e. The first-order valence-corrected chi connectivity index (χ1v) is 9.30. The van der Waals surface area contributed by atoms with E-state index >= 15 is 0 Å². The lowest BCUT2D eigenvalue weighted by atomic mass is 10.2. The first kappa shape index (κ1) is 21.0. The Balaban J connectivity index is 1.59. The Kier molecular flexibility index (Phi) is 6.15. The van der Waals surface area contributed by atoms with E-state index in [2.05, 4.69) is 25.9 Å². The van der Waals surface area contributed by atoms with Crippen LogP contribution in [0.25, 0.3) is 5.57 Å². The number of hydrogen-bond donors (Lipinski definition) is 2. The fourth-order valence-electron chi connectivity index (χ4n) is 2.76. The third-order valence-corrected chi connectivity index (χ3v) is 4.11. The number of halogens is 1. The molecule has 1 amide bonds.